The number of halogens is 3. The SMILES string of the molecule is COCCCC(OC)c1cccc(-c2csc(NC(=O)c3cc(Cl)c(C=C(C)C(=O)O)c(Cl)c3)n2)c1F. The summed E-state index contributed by atoms with van der Waals surface area (Å²) in [5.74, 6) is -2.07. The molecule has 0 aliphatic carbocycles. The number of anilines is 1. The van der Waals surface area contributed by atoms with Gasteiger partial charge in [-0.25, -0.2) is 14.2 Å². The zero-order valence-electron chi connectivity index (χ0n) is 20.3. The van der Waals surface area contributed by atoms with Crippen molar-refractivity contribution in [2.24, 2.45) is 0 Å². The minimum Gasteiger partial charge on any atom is -0.478 e. The molecule has 3 rings (SSSR count). The molecule has 0 aliphatic heterocycles. The maximum Gasteiger partial charge on any atom is 0.331 e. The lowest BCUT2D eigenvalue weighted by atomic mass is 10.00. The fourth-order valence-electron chi connectivity index (χ4n) is 3.57. The van der Waals surface area contributed by atoms with E-state index in [4.69, 9.17) is 37.8 Å². The molecule has 2 N–H and O–H groups in total. The third-order valence-electron chi connectivity index (χ3n) is 5.51. The number of carbonyl (C=O) groups is 2. The Balaban J connectivity index is 1.80. The van der Waals surface area contributed by atoms with Gasteiger partial charge >= 0.3 is 5.97 Å². The highest BCUT2D eigenvalue weighted by molar-refractivity contribution is 7.14. The molecule has 0 radical (unpaired) electrons. The summed E-state index contributed by atoms with van der Waals surface area (Å²) in [6.07, 6.45) is 2.21. The Labute approximate surface area is 227 Å². The van der Waals surface area contributed by atoms with Crippen molar-refractivity contribution in [1.82, 2.24) is 4.98 Å². The molecule has 0 bridgehead atoms. The molecule has 0 saturated heterocycles. The topological polar surface area (TPSA) is 97.8 Å². The lowest BCUT2D eigenvalue weighted by Gasteiger charge is -2.17. The predicted octanol–water partition coefficient (Wildman–Crippen LogP) is 7.11. The second kappa shape index (κ2) is 13.1. The number of carboxylic acids is 1. The number of hydrogen-bond donors (Lipinski definition) is 2. The highest BCUT2D eigenvalue weighted by atomic mass is 35.5. The molecule has 1 unspecified atom stereocenters. The van der Waals surface area contributed by atoms with Crippen LogP contribution in [0, 0.1) is 5.82 Å². The summed E-state index contributed by atoms with van der Waals surface area (Å²) in [4.78, 5) is 28.3. The van der Waals surface area contributed by atoms with Gasteiger partial charge in [-0.15, -0.1) is 11.3 Å². The third kappa shape index (κ3) is 7.15. The summed E-state index contributed by atoms with van der Waals surface area (Å²) in [5, 5.41) is 13.9. The van der Waals surface area contributed by atoms with Crippen LogP contribution in [0.1, 0.15) is 47.4 Å². The van der Waals surface area contributed by atoms with Crippen LogP contribution in [-0.4, -0.2) is 42.8 Å². The largest absolute Gasteiger partial charge is 0.478 e. The number of ether oxygens (including phenoxy) is 2. The van der Waals surface area contributed by atoms with Gasteiger partial charge in [0.05, 0.1) is 21.8 Å². The van der Waals surface area contributed by atoms with Gasteiger partial charge in [-0.1, -0.05) is 35.3 Å². The molecule has 11 heteroatoms. The zero-order valence-corrected chi connectivity index (χ0v) is 22.6. The minimum atomic E-state index is -1.11. The molecule has 1 amide bonds. The Bertz CT molecular complexity index is 1310. The molecule has 0 aliphatic rings. The number of thiazole rings is 1. The number of nitrogens with one attached hydrogen (secondary N) is 1. The number of methoxy groups -OCH3 is 2. The fraction of sp³-hybridized carbons (Fsp3) is 0.269. The van der Waals surface area contributed by atoms with E-state index in [2.05, 4.69) is 10.3 Å². The molecule has 7 nitrogen and oxygen atoms in total. The van der Waals surface area contributed by atoms with Crippen LogP contribution in [0.2, 0.25) is 10.0 Å². The number of nitrogens with zero attached hydrogens (tertiary/aromatic N) is 1. The Morgan fingerprint density at radius 2 is 1.95 bits per heavy atom. The highest BCUT2D eigenvalue weighted by Gasteiger charge is 2.20. The molecule has 1 aromatic heterocycles. The van der Waals surface area contributed by atoms with Crippen molar-refractivity contribution in [3.05, 3.63) is 73.8 Å². The standard InChI is InChI=1S/C26H25Cl2FN2O5S/c1-14(25(33)34)10-18-19(27)11-15(12-20(18)28)24(32)31-26-30-21(13-37-26)16-6-4-7-17(23(16)29)22(36-3)8-5-9-35-2/h4,6-7,10-13,22H,5,8-9H2,1-3H3,(H,33,34)(H,30,31,32). The van der Waals surface area contributed by atoms with Gasteiger partial charge in [0.2, 0.25) is 0 Å². The van der Waals surface area contributed by atoms with Crippen molar-refractivity contribution in [1.29, 1.82) is 0 Å². The molecule has 0 spiro atoms. The number of benzene rings is 2. The Hall–Kier alpha value is -2.82. The molecule has 196 valence electrons. The number of hydrogen-bond acceptors (Lipinski definition) is 6. The third-order valence-corrected chi connectivity index (χ3v) is 6.90. The van der Waals surface area contributed by atoms with E-state index in [1.807, 2.05) is 0 Å². The van der Waals surface area contributed by atoms with E-state index in [1.165, 1.54) is 32.2 Å². The first-order chi connectivity index (χ1) is 17.7. The van der Waals surface area contributed by atoms with E-state index in [9.17, 15) is 9.59 Å². The Kier molecular flexibility index (Phi) is 10.2. The number of amides is 1. The van der Waals surface area contributed by atoms with E-state index in [-0.39, 0.29) is 26.3 Å². The maximum atomic E-state index is 15.4. The summed E-state index contributed by atoms with van der Waals surface area (Å²) >= 11 is 13.6. The highest BCUT2D eigenvalue weighted by Crippen LogP contribution is 2.34. The average Bonchev–Trinajstić information content (AvgIpc) is 3.32. The molecule has 1 atom stereocenters. The van der Waals surface area contributed by atoms with E-state index >= 15 is 4.39 Å². The van der Waals surface area contributed by atoms with Crippen molar-refractivity contribution in [2.75, 3.05) is 26.1 Å². The smallest absolute Gasteiger partial charge is 0.331 e. The lowest BCUT2D eigenvalue weighted by molar-refractivity contribution is -0.132. The second-order valence-corrected chi connectivity index (χ2v) is 9.72. The normalized spacial score (nSPS) is 12.4. The maximum absolute atomic E-state index is 15.4. The van der Waals surface area contributed by atoms with Crippen LogP contribution in [0.3, 0.4) is 0 Å². The van der Waals surface area contributed by atoms with Crippen LogP contribution in [0.25, 0.3) is 17.3 Å². The fourth-order valence-corrected chi connectivity index (χ4v) is 4.87. The summed E-state index contributed by atoms with van der Waals surface area (Å²) in [7, 11) is 3.15. The molecule has 2 aromatic carbocycles. The van der Waals surface area contributed by atoms with Crippen molar-refractivity contribution in [3.63, 3.8) is 0 Å². The van der Waals surface area contributed by atoms with Crippen LogP contribution in [0.15, 0.2) is 41.3 Å². The van der Waals surface area contributed by atoms with Gasteiger partial charge in [0.15, 0.2) is 5.13 Å². The summed E-state index contributed by atoms with van der Waals surface area (Å²) in [5.41, 5.74) is 1.57. The molecular weight excluding hydrogens is 542 g/mol. The van der Waals surface area contributed by atoms with Crippen molar-refractivity contribution in [3.8, 4) is 11.3 Å². The first-order valence-electron chi connectivity index (χ1n) is 11.1. The Morgan fingerprint density at radius 3 is 2.57 bits per heavy atom. The first-order valence-corrected chi connectivity index (χ1v) is 12.8. The van der Waals surface area contributed by atoms with Crippen LogP contribution >= 0.6 is 34.5 Å². The minimum absolute atomic E-state index is 0.0411. The van der Waals surface area contributed by atoms with Crippen molar-refractivity contribution >= 4 is 57.6 Å². The first kappa shape index (κ1) is 28.7. The molecule has 0 saturated carbocycles. The van der Waals surface area contributed by atoms with Gasteiger partial charge < -0.3 is 14.6 Å². The predicted molar refractivity (Wildman–Crippen MR) is 144 cm³/mol. The number of rotatable bonds is 11. The zero-order chi connectivity index (χ0) is 27.1. The average molecular weight is 567 g/mol. The molecular formula is C26H25Cl2FN2O5S. The summed E-state index contributed by atoms with van der Waals surface area (Å²) in [6.45, 7) is 1.96. The monoisotopic (exact) mass is 566 g/mol. The van der Waals surface area contributed by atoms with Gasteiger partial charge in [0, 0.05) is 54.0 Å². The number of carbonyl (C=O) groups excluding carboxylic acids is 1. The van der Waals surface area contributed by atoms with Crippen LogP contribution < -0.4 is 5.32 Å². The lowest BCUT2D eigenvalue weighted by Crippen LogP contribution is -2.12. The summed E-state index contributed by atoms with van der Waals surface area (Å²) < 4.78 is 26.0. The molecule has 37 heavy (non-hydrogen) atoms. The number of aromatic nitrogens is 1. The van der Waals surface area contributed by atoms with E-state index in [1.54, 1.807) is 30.7 Å². The van der Waals surface area contributed by atoms with Crippen LogP contribution in [-0.2, 0) is 14.3 Å². The summed E-state index contributed by atoms with van der Waals surface area (Å²) in [6, 6.07) is 7.80. The van der Waals surface area contributed by atoms with E-state index < -0.39 is 23.8 Å². The molecule has 3 aromatic rings. The van der Waals surface area contributed by atoms with Crippen molar-refractivity contribution in [2.45, 2.75) is 25.9 Å². The van der Waals surface area contributed by atoms with Crippen LogP contribution in [0.4, 0.5) is 9.52 Å². The van der Waals surface area contributed by atoms with E-state index in [0.29, 0.717) is 35.4 Å². The second-order valence-electron chi connectivity index (χ2n) is 8.05. The quantitative estimate of drug-likeness (QED) is 0.189. The van der Waals surface area contributed by atoms with Gasteiger partial charge in [0.1, 0.15) is 5.82 Å². The van der Waals surface area contributed by atoms with Gasteiger partial charge in [-0.2, -0.15) is 0 Å². The van der Waals surface area contributed by atoms with Gasteiger partial charge in [-0.3, -0.25) is 10.1 Å². The van der Waals surface area contributed by atoms with Crippen LogP contribution in [0.5, 0.6) is 0 Å². The number of carboxylic acid groups (broad SMARTS) is 1. The molecule has 1 heterocycles. The number of aliphatic carboxylic acids is 1. The van der Waals surface area contributed by atoms with Gasteiger partial charge in [-0.05, 0) is 44.0 Å². The molecule has 0 fully saturated rings. The van der Waals surface area contributed by atoms with Gasteiger partial charge in [0.25, 0.3) is 5.91 Å². The Morgan fingerprint density at radius 1 is 1.24 bits per heavy atom. The van der Waals surface area contributed by atoms with E-state index in [0.717, 1.165) is 17.8 Å². The van der Waals surface area contributed by atoms with Crippen molar-refractivity contribution < 1.29 is 28.6 Å².